The SMILES string of the molecule is Cc1ccc(NC(=O)C(Sc2cccc(NC(=O)c3ccc([N+](=O)[O-])cc3)c2)c2ccccc2)cc1C. The fraction of sp³-hybridized carbons (Fsp3) is 0.103. The summed E-state index contributed by atoms with van der Waals surface area (Å²) in [4.78, 5) is 37.2. The molecule has 0 bridgehead atoms. The summed E-state index contributed by atoms with van der Waals surface area (Å²) in [6.07, 6.45) is 0. The fourth-order valence-electron chi connectivity index (χ4n) is 3.65. The number of anilines is 2. The summed E-state index contributed by atoms with van der Waals surface area (Å²) in [5.41, 5.74) is 4.61. The van der Waals surface area contributed by atoms with E-state index in [0.29, 0.717) is 11.3 Å². The van der Waals surface area contributed by atoms with E-state index in [9.17, 15) is 19.7 Å². The number of carbonyl (C=O) groups excluding carboxylic acids is 2. The van der Waals surface area contributed by atoms with Crippen LogP contribution in [0.1, 0.15) is 32.3 Å². The van der Waals surface area contributed by atoms with Crippen LogP contribution in [0, 0.1) is 24.0 Å². The van der Waals surface area contributed by atoms with Crippen molar-refractivity contribution in [3.8, 4) is 0 Å². The minimum absolute atomic E-state index is 0.0824. The van der Waals surface area contributed by atoms with E-state index >= 15 is 0 Å². The Labute approximate surface area is 219 Å². The minimum Gasteiger partial charge on any atom is -0.325 e. The lowest BCUT2D eigenvalue weighted by Gasteiger charge is -2.18. The molecule has 37 heavy (non-hydrogen) atoms. The smallest absolute Gasteiger partial charge is 0.269 e. The van der Waals surface area contributed by atoms with Gasteiger partial charge in [0.15, 0.2) is 0 Å². The topological polar surface area (TPSA) is 101 Å². The average Bonchev–Trinajstić information content (AvgIpc) is 2.90. The molecule has 0 saturated heterocycles. The molecule has 0 radical (unpaired) electrons. The number of non-ortho nitro benzene ring substituents is 1. The van der Waals surface area contributed by atoms with Crippen LogP contribution in [0.5, 0.6) is 0 Å². The number of aryl methyl sites for hydroxylation is 2. The van der Waals surface area contributed by atoms with Crippen molar-refractivity contribution in [2.45, 2.75) is 24.0 Å². The van der Waals surface area contributed by atoms with Crippen LogP contribution in [0.3, 0.4) is 0 Å². The third kappa shape index (κ3) is 6.62. The maximum atomic E-state index is 13.4. The maximum absolute atomic E-state index is 13.4. The van der Waals surface area contributed by atoms with Gasteiger partial charge in [-0.15, -0.1) is 11.8 Å². The Hall–Kier alpha value is -4.43. The van der Waals surface area contributed by atoms with E-state index in [1.54, 1.807) is 18.2 Å². The molecule has 0 spiro atoms. The summed E-state index contributed by atoms with van der Waals surface area (Å²) in [6, 6.07) is 28.0. The highest BCUT2D eigenvalue weighted by Gasteiger charge is 2.22. The number of hydrogen-bond donors (Lipinski definition) is 2. The van der Waals surface area contributed by atoms with Gasteiger partial charge in [-0.3, -0.25) is 19.7 Å². The van der Waals surface area contributed by atoms with Crippen LogP contribution in [-0.2, 0) is 4.79 Å². The van der Waals surface area contributed by atoms with Crippen LogP contribution >= 0.6 is 11.8 Å². The fourth-order valence-corrected chi connectivity index (χ4v) is 4.73. The first-order valence-corrected chi connectivity index (χ1v) is 12.4. The number of nitro benzene ring substituents is 1. The normalized spacial score (nSPS) is 11.4. The van der Waals surface area contributed by atoms with E-state index < -0.39 is 10.2 Å². The summed E-state index contributed by atoms with van der Waals surface area (Å²) < 4.78 is 0. The predicted molar refractivity (Wildman–Crippen MR) is 147 cm³/mol. The van der Waals surface area contributed by atoms with Gasteiger partial charge in [-0.2, -0.15) is 0 Å². The molecule has 2 N–H and O–H groups in total. The number of nitro groups is 1. The number of nitrogens with zero attached hydrogens (tertiary/aromatic N) is 1. The van der Waals surface area contributed by atoms with Crippen molar-refractivity contribution >= 4 is 40.6 Å². The van der Waals surface area contributed by atoms with Crippen LogP contribution in [0.4, 0.5) is 17.1 Å². The molecule has 8 heteroatoms. The Bertz CT molecular complexity index is 1440. The number of amides is 2. The summed E-state index contributed by atoms with van der Waals surface area (Å²) in [5, 5.41) is 16.2. The number of thioether (sulfide) groups is 1. The lowest BCUT2D eigenvalue weighted by atomic mass is 10.1. The Balaban J connectivity index is 1.52. The molecule has 1 unspecified atom stereocenters. The zero-order valence-corrected chi connectivity index (χ0v) is 21.1. The van der Waals surface area contributed by atoms with Crippen molar-refractivity contribution in [3.63, 3.8) is 0 Å². The van der Waals surface area contributed by atoms with Crippen molar-refractivity contribution in [1.82, 2.24) is 0 Å². The number of nitrogens with one attached hydrogen (secondary N) is 2. The second-order valence-electron chi connectivity index (χ2n) is 8.48. The van der Waals surface area contributed by atoms with E-state index in [0.717, 1.165) is 27.3 Å². The van der Waals surface area contributed by atoms with Gasteiger partial charge in [0.2, 0.25) is 5.91 Å². The van der Waals surface area contributed by atoms with Gasteiger partial charge in [-0.05, 0) is 73.0 Å². The van der Waals surface area contributed by atoms with Crippen LogP contribution in [-0.4, -0.2) is 16.7 Å². The predicted octanol–water partition coefficient (Wildman–Crippen LogP) is 6.94. The summed E-state index contributed by atoms with van der Waals surface area (Å²) >= 11 is 1.38. The summed E-state index contributed by atoms with van der Waals surface area (Å²) in [7, 11) is 0. The first kappa shape index (κ1) is 25.7. The van der Waals surface area contributed by atoms with Gasteiger partial charge >= 0.3 is 0 Å². The van der Waals surface area contributed by atoms with Crippen molar-refractivity contribution < 1.29 is 14.5 Å². The molecule has 2 amide bonds. The molecule has 4 aromatic carbocycles. The maximum Gasteiger partial charge on any atom is 0.269 e. The van der Waals surface area contributed by atoms with Crippen LogP contribution in [0.25, 0.3) is 0 Å². The molecular weight excluding hydrogens is 486 g/mol. The molecule has 0 aliphatic carbocycles. The van der Waals surface area contributed by atoms with Gasteiger partial charge in [0.05, 0.1) is 4.92 Å². The lowest BCUT2D eigenvalue weighted by molar-refractivity contribution is -0.384. The van der Waals surface area contributed by atoms with Gasteiger partial charge in [0.25, 0.3) is 11.6 Å². The zero-order valence-electron chi connectivity index (χ0n) is 20.3. The highest BCUT2D eigenvalue weighted by molar-refractivity contribution is 8.00. The van der Waals surface area contributed by atoms with Gasteiger partial charge < -0.3 is 10.6 Å². The number of rotatable bonds is 8. The van der Waals surface area contributed by atoms with Crippen molar-refractivity contribution in [2.24, 2.45) is 0 Å². The van der Waals surface area contributed by atoms with Gasteiger partial charge in [-0.25, -0.2) is 0 Å². The molecular formula is C29H25N3O4S. The molecule has 0 aliphatic heterocycles. The average molecular weight is 512 g/mol. The van der Waals surface area contributed by atoms with Crippen molar-refractivity contribution in [3.05, 3.63) is 129 Å². The third-order valence-corrected chi connectivity index (χ3v) is 7.05. The van der Waals surface area contributed by atoms with E-state index in [-0.39, 0.29) is 17.5 Å². The zero-order chi connectivity index (χ0) is 26.4. The van der Waals surface area contributed by atoms with E-state index in [1.165, 1.54) is 36.0 Å². The van der Waals surface area contributed by atoms with Crippen LogP contribution < -0.4 is 10.6 Å². The Morgan fingerprint density at radius 3 is 2.16 bits per heavy atom. The molecule has 0 saturated carbocycles. The van der Waals surface area contributed by atoms with Gasteiger partial charge in [0.1, 0.15) is 5.25 Å². The highest BCUT2D eigenvalue weighted by atomic mass is 32.2. The van der Waals surface area contributed by atoms with Crippen molar-refractivity contribution in [1.29, 1.82) is 0 Å². The summed E-state index contributed by atoms with van der Waals surface area (Å²) in [5.74, 6) is -0.538. The van der Waals surface area contributed by atoms with Gasteiger partial charge in [-0.1, -0.05) is 42.5 Å². The highest BCUT2D eigenvalue weighted by Crippen LogP contribution is 2.37. The van der Waals surface area contributed by atoms with Crippen molar-refractivity contribution in [2.75, 3.05) is 10.6 Å². The first-order valence-electron chi connectivity index (χ1n) is 11.6. The third-order valence-electron chi connectivity index (χ3n) is 5.80. The molecule has 7 nitrogen and oxygen atoms in total. The van der Waals surface area contributed by atoms with Crippen LogP contribution in [0.2, 0.25) is 0 Å². The molecule has 4 aromatic rings. The molecule has 0 aromatic heterocycles. The van der Waals surface area contributed by atoms with E-state index in [2.05, 4.69) is 10.6 Å². The Kier molecular flexibility index (Phi) is 8.00. The minimum atomic E-state index is -0.525. The quantitative estimate of drug-likeness (QED) is 0.152. The van der Waals surface area contributed by atoms with E-state index in [1.807, 2.05) is 68.4 Å². The van der Waals surface area contributed by atoms with Crippen LogP contribution in [0.15, 0.2) is 102 Å². The number of benzene rings is 4. The standard InChI is InChI=1S/C29H25N3O4S/c1-19-11-14-24(17-20(19)2)31-29(34)27(21-7-4-3-5-8-21)37-26-10-6-9-23(18-26)30-28(33)22-12-15-25(16-13-22)32(35)36/h3-18,27H,1-2H3,(H,30,33)(H,31,34). The molecule has 0 aliphatic rings. The molecule has 186 valence electrons. The molecule has 4 rings (SSSR count). The van der Waals surface area contributed by atoms with Gasteiger partial charge in [0, 0.05) is 34.0 Å². The Morgan fingerprint density at radius 1 is 0.784 bits per heavy atom. The largest absolute Gasteiger partial charge is 0.325 e. The molecule has 0 heterocycles. The number of hydrogen-bond acceptors (Lipinski definition) is 5. The Morgan fingerprint density at radius 2 is 1.49 bits per heavy atom. The first-order chi connectivity index (χ1) is 17.8. The second-order valence-corrected chi connectivity index (χ2v) is 9.66. The number of carbonyl (C=O) groups is 2. The molecule has 1 atom stereocenters. The monoisotopic (exact) mass is 511 g/mol. The lowest BCUT2D eigenvalue weighted by Crippen LogP contribution is -2.19. The summed E-state index contributed by atoms with van der Waals surface area (Å²) in [6.45, 7) is 4.03. The second kappa shape index (κ2) is 11.5. The molecule has 0 fully saturated rings. The van der Waals surface area contributed by atoms with E-state index in [4.69, 9.17) is 0 Å².